The van der Waals surface area contributed by atoms with Crippen LogP contribution < -0.4 is 9.62 Å². The van der Waals surface area contributed by atoms with Crippen LogP contribution >= 0.6 is 15.9 Å². The molecule has 0 spiro atoms. The van der Waals surface area contributed by atoms with Gasteiger partial charge in [-0.2, -0.15) is 0 Å². The van der Waals surface area contributed by atoms with Crippen LogP contribution in [0.1, 0.15) is 42.5 Å². The lowest BCUT2D eigenvalue weighted by molar-refractivity contribution is -0.120. The summed E-state index contributed by atoms with van der Waals surface area (Å²) in [7, 11) is -3.92. The first-order chi connectivity index (χ1) is 15.8. The van der Waals surface area contributed by atoms with E-state index in [-0.39, 0.29) is 23.4 Å². The molecule has 7 heteroatoms. The van der Waals surface area contributed by atoms with Crippen LogP contribution in [0, 0.1) is 0 Å². The van der Waals surface area contributed by atoms with E-state index < -0.39 is 10.0 Å². The molecule has 1 atom stereocenters. The van der Waals surface area contributed by atoms with Gasteiger partial charge in [0.25, 0.3) is 10.0 Å². The molecular formula is C26H27BrN2O3S. The molecule has 3 aromatic carbocycles. The van der Waals surface area contributed by atoms with Crippen LogP contribution in [-0.4, -0.2) is 20.9 Å². The SMILES string of the molecule is C[C@H](NC(=O)CN(c1ccc(Br)cc1)S(=O)(=O)c1ccccc1)c1ccc2c(c1)CCCC2. The largest absolute Gasteiger partial charge is 0.348 e. The molecule has 0 saturated heterocycles. The Morgan fingerprint density at radius 3 is 2.33 bits per heavy atom. The molecule has 172 valence electrons. The van der Waals surface area contributed by atoms with Crippen LogP contribution in [0.5, 0.6) is 0 Å². The summed E-state index contributed by atoms with van der Waals surface area (Å²) in [5.74, 6) is -0.359. The molecular weight excluding hydrogens is 500 g/mol. The van der Waals surface area contributed by atoms with Crippen molar-refractivity contribution < 1.29 is 13.2 Å². The number of sulfonamides is 1. The van der Waals surface area contributed by atoms with Gasteiger partial charge in [-0.15, -0.1) is 0 Å². The lowest BCUT2D eigenvalue weighted by Crippen LogP contribution is -2.41. The van der Waals surface area contributed by atoms with Crippen LogP contribution in [0.2, 0.25) is 0 Å². The smallest absolute Gasteiger partial charge is 0.264 e. The first kappa shape index (κ1) is 23.5. The van der Waals surface area contributed by atoms with Gasteiger partial charge in [-0.25, -0.2) is 8.42 Å². The van der Waals surface area contributed by atoms with Crippen molar-refractivity contribution in [3.8, 4) is 0 Å². The van der Waals surface area contributed by atoms with E-state index in [0.717, 1.165) is 27.2 Å². The zero-order chi connectivity index (χ0) is 23.4. The molecule has 1 amide bonds. The second-order valence-corrected chi connectivity index (χ2v) is 11.1. The Hall–Kier alpha value is -2.64. The molecule has 4 rings (SSSR count). The van der Waals surface area contributed by atoms with E-state index in [9.17, 15) is 13.2 Å². The maximum absolute atomic E-state index is 13.4. The molecule has 0 radical (unpaired) electrons. The molecule has 0 heterocycles. The van der Waals surface area contributed by atoms with Crippen LogP contribution in [0.4, 0.5) is 5.69 Å². The molecule has 0 fully saturated rings. The lowest BCUT2D eigenvalue weighted by Gasteiger charge is -2.25. The van der Waals surface area contributed by atoms with E-state index in [1.165, 1.54) is 36.1 Å². The Labute approximate surface area is 204 Å². The van der Waals surface area contributed by atoms with Crippen LogP contribution in [0.25, 0.3) is 0 Å². The number of aryl methyl sites for hydroxylation is 2. The zero-order valence-electron chi connectivity index (χ0n) is 18.5. The Morgan fingerprint density at radius 1 is 0.970 bits per heavy atom. The van der Waals surface area contributed by atoms with Crippen molar-refractivity contribution >= 4 is 37.5 Å². The monoisotopic (exact) mass is 526 g/mol. The highest BCUT2D eigenvalue weighted by molar-refractivity contribution is 9.10. The van der Waals surface area contributed by atoms with Gasteiger partial charge in [0.15, 0.2) is 0 Å². The number of carbonyl (C=O) groups excluding carboxylic acids is 1. The summed E-state index contributed by atoms with van der Waals surface area (Å²) in [4.78, 5) is 13.2. The predicted octanol–water partition coefficient (Wildman–Crippen LogP) is 5.40. The van der Waals surface area contributed by atoms with Gasteiger partial charge in [-0.05, 0) is 85.7 Å². The summed E-state index contributed by atoms with van der Waals surface area (Å²) in [6, 6.07) is 21.2. The fourth-order valence-electron chi connectivity index (χ4n) is 4.17. The summed E-state index contributed by atoms with van der Waals surface area (Å²) in [5, 5.41) is 2.98. The third-order valence-corrected chi connectivity index (χ3v) is 8.30. The topological polar surface area (TPSA) is 66.5 Å². The molecule has 33 heavy (non-hydrogen) atoms. The van der Waals surface area contributed by atoms with Gasteiger partial charge in [0.2, 0.25) is 5.91 Å². The van der Waals surface area contributed by atoms with E-state index in [1.54, 1.807) is 42.5 Å². The van der Waals surface area contributed by atoms with E-state index in [0.29, 0.717) is 5.69 Å². The maximum atomic E-state index is 13.4. The van der Waals surface area contributed by atoms with Gasteiger partial charge in [-0.1, -0.05) is 52.3 Å². The Kier molecular flexibility index (Phi) is 7.20. The molecule has 0 bridgehead atoms. The summed E-state index contributed by atoms with van der Waals surface area (Å²) in [5.41, 5.74) is 4.20. The van der Waals surface area contributed by atoms with E-state index in [1.807, 2.05) is 6.92 Å². The number of halogens is 1. The fourth-order valence-corrected chi connectivity index (χ4v) is 5.87. The first-order valence-electron chi connectivity index (χ1n) is 11.1. The van der Waals surface area contributed by atoms with Gasteiger partial charge < -0.3 is 5.32 Å². The van der Waals surface area contributed by atoms with Gasteiger partial charge in [-0.3, -0.25) is 9.10 Å². The highest BCUT2D eigenvalue weighted by Crippen LogP contribution is 2.27. The quantitative estimate of drug-likeness (QED) is 0.448. The second-order valence-electron chi connectivity index (χ2n) is 8.33. The molecule has 5 nitrogen and oxygen atoms in total. The Morgan fingerprint density at radius 2 is 1.64 bits per heavy atom. The van der Waals surface area contributed by atoms with E-state index >= 15 is 0 Å². The van der Waals surface area contributed by atoms with E-state index in [4.69, 9.17) is 0 Å². The Balaban J connectivity index is 1.56. The second kappa shape index (κ2) is 10.1. The number of nitrogens with zero attached hydrogens (tertiary/aromatic N) is 1. The summed E-state index contributed by atoms with van der Waals surface area (Å²) < 4.78 is 28.8. The average molecular weight is 527 g/mol. The standard InChI is InChI=1S/C26H27BrN2O3S/c1-19(21-12-11-20-7-5-6-8-22(20)17-21)28-26(30)18-29(24-15-13-23(27)14-16-24)33(31,32)25-9-3-2-4-10-25/h2-4,9-17,19H,5-8,18H2,1H3,(H,28,30)/t19-/m0/s1. The third-order valence-electron chi connectivity index (χ3n) is 5.98. The number of fused-ring (bicyclic) bond motifs is 1. The molecule has 0 saturated carbocycles. The minimum atomic E-state index is -3.92. The molecule has 0 aromatic heterocycles. The summed E-state index contributed by atoms with van der Waals surface area (Å²) in [6.07, 6.45) is 4.59. The number of amides is 1. The molecule has 0 aliphatic heterocycles. The number of hydrogen-bond acceptors (Lipinski definition) is 3. The number of benzene rings is 3. The van der Waals surface area contributed by atoms with Gasteiger partial charge >= 0.3 is 0 Å². The number of rotatable bonds is 7. The zero-order valence-corrected chi connectivity index (χ0v) is 20.9. The average Bonchev–Trinajstić information content (AvgIpc) is 2.83. The minimum absolute atomic E-state index is 0.142. The normalized spacial score (nSPS) is 14.2. The van der Waals surface area contributed by atoms with Crippen LogP contribution in [-0.2, 0) is 27.7 Å². The van der Waals surface area contributed by atoms with Crippen LogP contribution in [0.3, 0.4) is 0 Å². The Bertz CT molecular complexity index is 1230. The molecule has 1 N–H and O–H groups in total. The summed E-state index contributed by atoms with van der Waals surface area (Å²) >= 11 is 3.38. The van der Waals surface area contributed by atoms with Gasteiger partial charge in [0.05, 0.1) is 16.6 Å². The van der Waals surface area contributed by atoms with Crippen molar-refractivity contribution in [3.63, 3.8) is 0 Å². The van der Waals surface area contributed by atoms with Crippen molar-refractivity contribution in [2.45, 2.75) is 43.5 Å². The highest BCUT2D eigenvalue weighted by Gasteiger charge is 2.27. The van der Waals surface area contributed by atoms with Crippen molar-refractivity contribution in [2.75, 3.05) is 10.8 Å². The predicted molar refractivity (Wildman–Crippen MR) is 135 cm³/mol. The number of anilines is 1. The van der Waals surface area contributed by atoms with Crippen molar-refractivity contribution in [2.24, 2.45) is 0 Å². The van der Waals surface area contributed by atoms with Crippen molar-refractivity contribution in [1.29, 1.82) is 0 Å². The van der Waals surface area contributed by atoms with Crippen molar-refractivity contribution in [3.05, 3.63) is 94.0 Å². The van der Waals surface area contributed by atoms with E-state index in [2.05, 4.69) is 39.4 Å². The lowest BCUT2D eigenvalue weighted by atomic mass is 9.89. The molecule has 1 aliphatic carbocycles. The fraction of sp³-hybridized carbons (Fsp3) is 0.269. The maximum Gasteiger partial charge on any atom is 0.264 e. The summed E-state index contributed by atoms with van der Waals surface area (Å²) in [6.45, 7) is 1.62. The van der Waals surface area contributed by atoms with Crippen LogP contribution in [0.15, 0.2) is 82.2 Å². The first-order valence-corrected chi connectivity index (χ1v) is 13.3. The third kappa shape index (κ3) is 5.47. The van der Waals surface area contributed by atoms with Gasteiger partial charge in [0, 0.05) is 4.47 Å². The molecule has 3 aromatic rings. The molecule has 1 aliphatic rings. The number of nitrogens with one attached hydrogen (secondary N) is 1. The van der Waals surface area contributed by atoms with Gasteiger partial charge in [0.1, 0.15) is 6.54 Å². The number of carbonyl (C=O) groups is 1. The van der Waals surface area contributed by atoms with Crippen molar-refractivity contribution in [1.82, 2.24) is 5.32 Å². The molecule has 0 unspecified atom stereocenters. The minimum Gasteiger partial charge on any atom is -0.348 e. The highest BCUT2D eigenvalue weighted by atomic mass is 79.9. The number of hydrogen-bond donors (Lipinski definition) is 1.